The first-order chi connectivity index (χ1) is 15.6. The third kappa shape index (κ3) is 5.89. The SMILES string of the molecule is Cc1ccc(OCc2nnc(C(=O)Nc3ccc(C(=O)NC[C@H]4CCCO4)cc3)s2)cc1. The lowest BCUT2D eigenvalue weighted by atomic mass is 10.2. The number of amides is 2. The number of aryl methyl sites for hydroxylation is 1. The van der Waals surface area contributed by atoms with Crippen molar-refractivity contribution in [2.75, 3.05) is 18.5 Å². The van der Waals surface area contributed by atoms with Crippen molar-refractivity contribution in [2.24, 2.45) is 0 Å². The molecule has 1 aromatic heterocycles. The van der Waals surface area contributed by atoms with Crippen molar-refractivity contribution in [3.8, 4) is 5.75 Å². The zero-order chi connectivity index (χ0) is 22.3. The van der Waals surface area contributed by atoms with Gasteiger partial charge in [0, 0.05) is 24.4 Å². The van der Waals surface area contributed by atoms with Gasteiger partial charge >= 0.3 is 0 Å². The Morgan fingerprint density at radius 1 is 1.09 bits per heavy atom. The molecule has 2 aromatic carbocycles. The molecule has 0 bridgehead atoms. The van der Waals surface area contributed by atoms with E-state index >= 15 is 0 Å². The van der Waals surface area contributed by atoms with Gasteiger partial charge in [0.15, 0.2) is 5.01 Å². The minimum absolute atomic E-state index is 0.0941. The summed E-state index contributed by atoms with van der Waals surface area (Å²) in [4.78, 5) is 24.7. The number of carbonyl (C=O) groups excluding carboxylic acids is 2. The van der Waals surface area contributed by atoms with Crippen LogP contribution in [-0.2, 0) is 11.3 Å². The second-order valence-electron chi connectivity index (χ2n) is 7.48. The van der Waals surface area contributed by atoms with E-state index in [9.17, 15) is 9.59 Å². The normalized spacial score (nSPS) is 15.3. The highest BCUT2D eigenvalue weighted by molar-refractivity contribution is 7.13. The van der Waals surface area contributed by atoms with Crippen LogP contribution in [0.5, 0.6) is 5.75 Å². The Hall–Kier alpha value is -3.30. The summed E-state index contributed by atoms with van der Waals surface area (Å²) >= 11 is 1.17. The van der Waals surface area contributed by atoms with E-state index in [1.165, 1.54) is 11.3 Å². The van der Waals surface area contributed by atoms with Crippen molar-refractivity contribution in [3.63, 3.8) is 0 Å². The molecule has 4 rings (SSSR count). The molecule has 2 N–H and O–H groups in total. The molecule has 1 aliphatic heterocycles. The summed E-state index contributed by atoms with van der Waals surface area (Å²) in [6.07, 6.45) is 2.10. The Morgan fingerprint density at radius 3 is 2.59 bits per heavy atom. The predicted molar refractivity (Wildman–Crippen MR) is 121 cm³/mol. The predicted octanol–water partition coefficient (Wildman–Crippen LogP) is 3.59. The van der Waals surface area contributed by atoms with E-state index in [0.29, 0.717) is 22.8 Å². The van der Waals surface area contributed by atoms with Crippen LogP contribution in [0.25, 0.3) is 0 Å². The summed E-state index contributed by atoms with van der Waals surface area (Å²) in [5.41, 5.74) is 2.24. The Labute approximate surface area is 190 Å². The van der Waals surface area contributed by atoms with Crippen molar-refractivity contribution in [1.29, 1.82) is 0 Å². The van der Waals surface area contributed by atoms with E-state index in [1.807, 2.05) is 31.2 Å². The second kappa shape index (κ2) is 10.3. The maximum atomic E-state index is 12.5. The number of ether oxygens (including phenoxy) is 2. The smallest absolute Gasteiger partial charge is 0.286 e. The number of aromatic nitrogens is 2. The quantitative estimate of drug-likeness (QED) is 0.542. The highest BCUT2D eigenvalue weighted by Crippen LogP contribution is 2.18. The number of nitrogens with one attached hydrogen (secondary N) is 2. The molecule has 1 aliphatic rings. The van der Waals surface area contributed by atoms with Gasteiger partial charge in [0.1, 0.15) is 12.4 Å². The molecule has 0 radical (unpaired) electrons. The largest absolute Gasteiger partial charge is 0.486 e. The minimum atomic E-state index is -0.361. The van der Waals surface area contributed by atoms with Gasteiger partial charge in [-0.1, -0.05) is 29.0 Å². The van der Waals surface area contributed by atoms with Gasteiger partial charge < -0.3 is 20.1 Å². The summed E-state index contributed by atoms with van der Waals surface area (Å²) in [6, 6.07) is 14.4. The molecular weight excluding hydrogens is 428 g/mol. The summed E-state index contributed by atoms with van der Waals surface area (Å²) < 4.78 is 11.2. The van der Waals surface area contributed by atoms with Gasteiger partial charge in [-0.25, -0.2) is 0 Å². The van der Waals surface area contributed by atoms with Gasteiger partial charge in [-0.2, -0.15) is 0 Å². The van der Waals surface area contributed by atoms with Gasteiger partial charge in [0.25, 0.3) is 11.8 Å². The number of nitrogens with zero attached hydrogens (tertiary/aromatic N) is 2. The van der Waals surface area contributed by atoms with Crippen molar-refractivity contribution >= 4 is 28.8 Å². The van der Waals surface area contributed by atoms with Crippen LogP contribution in [-0.4, -0.2) is 41.3 Å². The summed E-state index contributed by atoms with van der Waals surface area (Å²) in [6.45, 7) is 3.51. The van der Waals surface area contributed by atoms with Crippen molar-refractivity contribution in [3.05, 3.63) is 69.7 Å². The van der Waals surface area contributed by atoms with Crippen LogP contribution in [0.15, 0.2) is 48.5 Å². The van der Waals surface area contributed by atoms with Crippen LogP contribution in [0.1, 0.15) is 43.6 Å². The lowest BCUT2D eigenvalue weighted by molar-refractivity contribution is 0.0857. The van der Waals surface area contributed by atoms with Crippen LogP contribution in [0.3, 0.4) is 0 Å². The summed E-state index contributed by atoms with van der Waals surface area (Å²) in [7, 11) is 0. The molecule has 0 aliphatic carbocycles. The minimum Gasteiger partial charge on any atom is -0.486 e. The molecule has 0 unspecified atom stereocenters. The van der Waals surface area contributed by atoms with Crippen molar-refractivity contribution in [2.45, 2.75) is 32.5 Å². The van der Waals surface area contributed by atoms with E-state index in [0.717, 1.165) is 30.8 Å². The highest BCUT2D eigenvalue weighted by atomic mass is 32.1. The third-order valence-corrected chi connectivity index (χ3v) is 5.86. The van der Waals surface area contributed by atoms with E-state index in [2.05, 4.69) is 20.8 Å². The van der Waals surface area contributed by atoms with Gasteiger partial charge in [-0.15, -0.1) is 10.2 Å². The zero-order valence-electron chi connectivity index (χ0n) is 17.7. The average Bonchev–Trinajstić information content (AvgIpc) is 3.50. The molecule has 0 spiro atoms. The first-order valence-electron chi connectivity index (χ1n) is 10.4. The Balaban J connectivity index is 1.27. The second-order valence-corrected chi connectivity index (χ2v) is 8.54. The third-order valence-electron chi connectivity index (χ3n) is 4.96. The molecule has 0 saturated carbocycles. The fourth-order valence-electron chi connectivity index (χ4n) is 3.19. The maximum Gasteiger partial charge on any atom is 0.286 e. The lowest BCUT2D eigenvalue weighted by Gasteiger charge is -2.11. The van der Waals surface area contributed by atoms with E-state index in [-0.39, 0.29) is 29.5 Å². The molecule has 9 heteroatoms. The molecular formula is C23H24N4O4S. The zero-order valence-corrected chi connectivity index (χ0v) is 18.5. The first-order valence-corrected chi connectivity index (χ1v) is 11.2. The highest BCUT2D eigenvalue weighted by Gasteiger charge is 2.17. The molecule has 1 fully saturated rings. The maximum absolute atomic E-state index is 12.5. The molecule has 1 atom stereocenters. The number of hydrogen-bond donors (Lipinski definition) is 2. The molecule has 1 saturated heterocycles. The molecule has 32 heavy (non-hydrogen) atoms. The fourth-order valence-corrected chi connectivity index (χ4v) is 3.83. The lowest BCUT2D eigenvalue weighted by Crippen LogP contribution is -2.31. The Morgan fingerprint density at radius 2 is 1.88 bits per heavy atom. The Kier molecular flexibility index (Phi) is 7.08. The molecule has 166 valence electrons. The molecule has 2 amide bonds. The van der Waals surface area contributed by atoms with Crippen molar-refractivity contribution in [1.82, 2.24) is 15.5 Å². The van der Waals surface area contributed by atoms with Crippen LogP contribution >= 0.6 is 11.3 Å². The van der Waals surface area contributed by atoms with Gasteiger partial charge in [0.2, 0.25) is 5.01 Å². The van der Waals surface area contributed by atoms with E-state index in [4.69, 9.17) is 9.47 Å². The number of rotatable bonds is 8. The Bertz CT molecular complexity index is 1060. The summed E-state index contributed by atoms with van der Waals surface area (Å²) in [5.74, 6) is 0.206. The molecule has 3 aromatic rings. The average molecular weight is 453 g/mol. The van der Waals surface area contributed by atoms with Crippen LogP contribution < -0.4 is 15.4 Å². The van der Waals surface area contributed by atoms with Crippen LogP contribution in [0.4, 0.5) is 5.69 Å². The summed E-state index contributed by atoms with van der Waals surface area (Å²) in [5, 5.41) is 14.5. The molecule has 2 heterocycles. The molecule has 8 nitrogen and oxygen atoms in total. The van der Waals surface area contributed by atoms with Gasteiger partial charge in [-0.3, -0.25) is 9.59 Å². The topological polar surface area (TPSA) is 102 Å². The van der Waals surface area contributed by atoms with Gasteiger partial charge in [-0.05, 0) is 56.2 Å². The number of anilines is 1. The standard InChI is InChI=1S/C23H24N4O4S/c1-15-4-10-18(11-5-15)31-14-20-26-27-23(32-20)22(29)25-17-8-6-16(7-9-17)21(28)24-13-19-3-2-12-30-19/h4-11,19H,2-3,12-14H2,1H3,(H,24,28)(H,25,29)/t19-/m1/s1. The van der Waals surface area contributed by atoms with Crippen LogP contribution in [0, 0.1) is 6.92 Å². The number of carbonyl (C=O) groups is 2. The van der Waals surface area contributed by atoms with Crippen LogP contribution in [0.2, 0.25) is 0 Å². The van der Waals surface area contributed by atoms with E-state index < -0.39 is 0 Å². The fraction of sp³-hybridized carbons (Fsp3) is 0.304. The monoisotopic (exact) mass is 452 g/mol. The van der Waals surface area contributed by atoms with Gasteiger partial charge in [0.05, 0.1) is 6.10 Å². The van der Waals surface area contributed by atoms with E-state index in [1.54, 1.807) is 24.3 Å². The first kappa shape index (κ1) is 21.9. The number of benzene rings is 2. The van der Waals surface area contributed by atoms with Crippen molar-refractivity contribution < 1.29 is 19.1 Å². The number of hydrogen-bond acceptors (Lipinski definition) is 7.